The van der Waals surface area contributed by atoms with Crippen molar-refractivity contribution in [2.45, 2.75) is 42.0 Å². The average molecular weight is 401 g/mol. The second-order valence-electron chi connectivity index (χ2n) is 8.73. The number of aromatic nitrogens is 1. The van der Waals surface area contributed by atoms with E-state index in [-0.39, 0.29) is 16.1 Å². The number of hydrogen-bond donors (Lipinski definition) is 2. The zero-order chi connectivity index (χ0) is 19.8. The molecule has 7 heteroatoms. The number of likely N-dealkylation sites (N-methyl/N-ethyl adjacent to an activating group) is 1. The van der Waals surface area contributed by atoms with Gasteiger partial charge in [0, 0.05) is 23.4 Å². The highest BCUT2D eigenvalue weighted by Gasteiger charge is 2.54. The monoisotopic (exact) mass is 400 g/mol. The first-order valence-corrected chi connectivity index (χ1v) is 11.6. The average Bonchev–Trinajstić information content (AvgIpc) is 2.62. The van der Waals surface area contributed by atoms with E-state index in [1.54, 1.807) is 12.1 Å². The number of likely N-dealkylation sites (tertiary alicyclic amines) is 1. The Kier molecular flexibility index (Phi) is 3.65. The van der Waals surface area contributed by atoms with Crippen LogP contribution < -0.4 is 5.56 Å². The number of nitrogens with zero attached hydrogens (tertiary/aromatic N) is 1. The molecule has 0 spiro atoms. The van der Waals surface area contributed by atoms with E-state index in [0.29, 0.717) is 18.4 Å². The standard InChI is InChI=1S/C21H24N2O4S/c1-23-6-5-21-11-17-13(9-19(20(25)22-17)28(2,26)27)7-16(21)18(23)8-12-3-4-14(24)10-15(12)21/h3-4,9-10,16,18,24H,5-8,11H2,1-2H3,(H,22,25)/t16-,18+,21+/m0/s1. The fourth-order valence-electron chi connectivity index (χ4n) is 5.87. The number of H-pyrrole nitrogens is 1. The lowest BCUT2D eigenvalue weighted by Gasteiger charge is -2.58. The van der Waals surface area contributed by atoms with Crippen molar-refractivity contribution < 1.29 is 13.5 Å². The largest absolute Gasteiger partial charge is 0.508 e. The van der Waals surface area contributed by atoms with Gasteiger partial charge in [-0.3, -0.25) is 4.79 Å². The molecule has 0 amide bonds. The van der Waals surface area contributed by atoms with E-state index in [9.17, 15) is 18.3 Å². The number of piperidine rings is 1. The highest BCUT2D eigenvalue weighted by molar-refractivity contribution is 7.90. The van der Waals surface area contributed by atoms with Crippen molar-refractivity contribution in [1.82, 2.24) is 9.88 Å². The first kappa shape index (κ1) is 17.9. The van der Waals surface area contributed by atoms with Gasteiger partial charge in [-0.2, -0.15) is 0 Å². The summed E-state index contributed by atoms with van der Waals surface area (Å²) in [4.78, 5) is 17.6. The van der Waals surface area contributed by atoms with Crippen molar-refractivity contribution in [1.29, 1.82) is 0 Å². The lowest BCUT2D eigenvalue weighted by atomic mass is 9.52. The molecule has 148 valence electrons. The zero-order valence-electron chi connectivity index (χ0n) is 16.0. The van der Waals surface area contributed by atoms with Crippen LogP contribution in [0.5, 0.6) is 5.75 Å². The molecule has 5 rings (SSSR count). The van der Waals surface area contributed by atoms with Crippen LogP contribution in [0.3, 0.4) is 0 Å². The number of nitrogens with one attached hydrogen (secondary N) is 1. The predicted molar refractivity (Wildman–Crippen MR) is 106 cm³/mol. The summed E-state index contributed by atoms with van der Waals surface area (Å²) in [7, 11) is -1.41. The molecule has 6 nitrogen and oxygen atoms in total. The number of fused-ring (bicyclic) bond motifs is 2. The lowest BCUT2D eigenvalue weighted by Crippen LogP contribution is -2.61. The summed E-state index contributed by atoms with van der Waals surface area (Å²) in [6.07, 6.45) is 4.37. The summed E-state index contributed by atoms with van der Waals surface area (Å²) < 4.78 is 24.0. The number of rotatable bonds is 1. The van der Waals surface area contributed by atoms with Crippen LogP contribution in [-0.4, -0.2) is 49.3 Å². The maximum atomic E-state index is 12.4. The SMILES string of the molecule is CN1CC[C@]23Cc4[nH]c(=O)c(S(C)(=O)=O)cc4C[C@H]2[C@H]1Cc1ccc(O)cc13. The molecule has 2 bridgehead atoms. The molecular weight excluding hydrogens is 376 g/mol. The van der Waals surface area contributed by atoms with Crippen LogP contribution in [0.4, 0.5) is 0 Å². The molecule has 2 aromatic rings. The Bertz CT molecular complexity index is 1150. The molecule has 2 aliphatic carbocycles. The van der Waals surface area contributed by atoms with Crippen molar-refractivity contribution >= 4 is 9.84 Å². The Morgan fingerprint density at radius 1 is 1.21 bits per heavy atom. The number of pyridine rings is 1. The predicted octanol–water partition coefficient (Wildman–Crippen LogP) is 1.40. The molecule has 3 aliphatic rings. The zero-order valence-corrected chi connectivity index (χ0v) is 16.8. The van der Waals surface area contributed by atoms with E-state index in [1.165, 1.54) is 11.1 Å². The minimum absolute atomic E-state index is 0.133. The van der Waals surface area contributed by atoms with Crippen LogP contribution in [0.25, 0.3) is 0 Å². The van der Waals surface area contributed by atoms with Crippen LogP contribution >= 0.6 is 0 Å². The van der Waals surface area contributed by atoms with E-state index >= 15 is 0 Å². The topological polar surface area (TPSA) is 90.5 Å². The Balaban J connectivity index is 1.72. The third-order valence-corrected chi connectivity index (χ3v) is 8.32. The van der Waals surface area contributed by atoms with Crippen molar-refractivity contribution in [3.8, 4) is 5.75 Å². The molecule has 0 radical (unpaired) electrons. The van der Waals surface area contributed by atoms with E-state index < -0.39 is 15.4 Å². The number of benzene rings is 1. The summed E-state index contributed by atoms with van der Waals surface area (Å²) in [6, 6.07) is 7.64. The Labute approximate surface area is 164 Å². The normalized spacial score (nSPS) is 28.9. The Morgan fingerprint density at radius 3 is 2.75 bits per heavy atom. The number of aromatic amines is 1. The molecule has 2 N–H and O–H groups in total. The molecule has 2 heterocycles. The second-order valence-corrected chi connectivity index (χ2v) is 10.7. The second kappa shape index (κ2) is 5.70. The van der Waals surface area contributed by atoms with E-state index in [1.807, 2.05) is 12.1 Å². The molecule has 1 fully saturated rings. The first-order chi connectivity index (χ1) is 13.2. The quantitative estimate of drug-likeness (QED) is 0.755. The number of sulfone groups is 1. The minimum Gasteiger partial charge on any atom is -0.508 e. The van der Waals surface area contributed by atoms with Crippen molar-refractivity contribution in [3.63, 3.8) is 0 Å². The fraction of sp³-hybridized carbons (Fsp3) is 0.476. The van der Waals surface area contributed by atoms with Crippen LogP contribution in [0.15, 0.2) is 34.0 Å². The third-order valence-electron chi connectivity index (χ3n) is 7.22. The molecule has 28 heavy (non-hydrogen) atoms. The van der Waals surface area contributed by atoms with Gasteiger partial charge in [-0.25, -0.2) is 8.42 Å². The summed E-state index contributed by atoms with van der Waals surface area (Å²) in [5.74, 6) is 0.599. The van der Waals surface area contributed by atoms with Gasteiger partial charge in [0.1, 0.15) is 10.6 Å². The lowest BCUT2D eigenvalue weighted by molar-refractivity contribution is 0.0233. The fourth-order valence-corrected chi connectivity index (χ4v) is 6.61. The van der Waals surface area contributed by atoms with Gasteiger partial charge in [0.25, 0.3) is 5.56 Å². The first-order valence-electron chi connectivity index (χ1n) is 9.67. The van der Waals surface area contributed by atoms with Gasteiger partial charge < -0.3 is 15.0 Å². The van der Waals surface area contributed by atoms with Crippen LogP contribution in [0, 0.1) is 5.92 Å². The van der Waals surface area contributed by atoms with Crippen molar-refractivity contribution in [3.05, 3.63) is 57.0 Å². The van der Waals surface area contributed by atoms with E-state index in [4.69, 9.17) is 0 Å². The summed E-state index contributed by atoms with van der Waals surface area (Å²) in [5.41, 5.74) is 3.57. The number of aromatic hydroxyl groups is 1. The maximum absolute atomic E-state index is 12.4. The van der Waals surface area contributed by atoms with Crippen LogP contribution in [0.1, 0.15) is 28.8 Å². The van der Waals surface area contributed by atoms with Gasteiger partial charge >= 0.3 is 0 Å². The number of phenols is 1. The van der Waals surface area contributed by atoms with Gasteiger partial charge in [0.15, 0.2) is 9.84 Å². The maximum Gasteiger partial charge on any atom is 0.266 e. The molecular formula is C21H24N2O4S. The highest BCUT2D eigenvalue weighted by Crippen LogP contribution is 2.54. The van der Waals surface area contributed by atoms with Gasteiger partial charge in [0.05, 0.1) is 0 Å². The van der Waals surface area contributed by atoms with Crippen molar-refractivity contribution in [2.75, 3.05) is 19.8 Å². The van der Waals surface area contributed by atoms with Gasteiger partial charge in [-0.15, -0.1) is 0 Å². The molecule has 1 aliphatic heterocycles. The molecule has 1 aromatic heterocycles. The highest BCUT2D eigenvalue weighted by atomic mass is 32.2. The van der Waals surface area contributed by atoms with Gasteiger partial charge in [-0.1, -0.05) is 6.07 Å². The molecule has 1 saturated heterocycles. The minimum atomic E-state index is -3.57. The molecule has 1 aromatic carbocycles. The molecule has 3 atom stereocenters. The summed E-state index contributed by atoms with van der Waals surface area (Å²) >= 11 is 0. The Hall–Kier alpha value is -2.12. The van der Waals surface area contributed by atoms with E-state index in [2.05, 4.69) is 16.9 Å². The Morgan fingerprint density at radius 2 is 2.00 bits per heavy atom. The van der Waals surface area contributed by atoms with Crippen LogP contribution in [0.2, 0.25) is 0 Å². The van der Waals surface area contributed by atoms with E-state index in [0.717, 1.165) is 43.3 Å². The summed E-state index contributed by atoms with van der Waals surface area (Å²) in [6.45, 7) is 0.969. The number of hydrogen-bond acceptors (Lipinski definition) is 5. The third kappa shape index (κ3) is 2.42. The number of phenolic OH excluding ortho intramolecular Hbond substituents is 1. The summed E-state index contributed by atoms with van der Waals surface area (Å²) in [5, 5.41) is 10.2. The van der Waals surface area contributed by atoms with Gasteiger partial charge in [-0.05, 0) is 80.1 Å². The smallest absolute Gasteiger partial charge is 0.266 e. The van der Waals surface area contributed by atoms with Crippen LogP contribution in [-0.2, 0) is 34.5 Å². The molecule has 0 unspecified atom stereocenters. The molecule has 0 saturated carbocycles. The van der Waals surface area contributed by atoms with Gasteiger partial charge in [0.2, 0.25) is 0 Å². The van der Waals surface area contributed by atoms with Crippen molar-refractivity contribution in [2.24, 2.45) is 5.92 Å².